The number of hydrogen-bond donors (Lipinski definition) is 0. The molecule has 14 rings (SSSR count). The molecule has 0 saturated carbocycles. The molecule has 19 nitrogen and oxygen atoms in total. The number of benzene rings is 6. The number of aromatic nitrogens is 3. The summed E-state index contributed by atoms with van der Waals surface area (Å²) in [7, 11) is 12.8. The molecule has 1 fully saturated rings. The summed E-state index contributed by atoms with van der Waals surface area (Å²) in [5.74, 6) is 6.45. The second kappa shape index (κ2) is 39.2. The van der Waals surface area contributed by atoms with E-state index >= 15 is 0 Å². The molecule has 1 unspecified atom stereocenters. The molecular weight excluding hydrogens is 1560 g/mol. The Hall–Kier alpha value is -10.3. The number of aldehydes is 1. The summed E-state index contributed by atoms with van der Waals surface area (Å²) in [5.41, 5.74) is 13.9. The number of Topliss-reactive ketones (excluding diaryl/α,β-unsaturated/α-hetero) is 4. The van der Waals surface area contributed by atoms with Crippen molar-refractivity contribution in [2.24, 2.45) is 11.8 Å². The molecule has 21 heteroatoms. The van der Waals surface area contributed by atoms with Crippen molar-refractivity contribution in [3.63, 3.8) is 0 Å². The van der Waals surface area contributed by atoms with Crippen LogP contribution in [0, 0.1) is 11.8 Å². The number of piperidine rings is 1. The average Bonchev–Trinajstić information content (AvgIpc) is 1.67. The van der Waals surface area contributed by atoms with E-state index in [2.05, 4.69) is 61.9 Å². The molecule has 103 heavy (non-hydrogen) atoms. The van der Waals surface area contributed by atoms with Gasteiger partial charge in [0.2, 0.25) is 0 Å². The predicted octanol–water partition coefficient (Wildman–Crippen LogP) is 10.6. The first kappa shape index (κ1) is 78.4. The molecule has 0 N–H and O–H groups in total. The van der Waals surface area contributed by atoms with Gasteiger partial charge in [-0.2, -0.15) is 0 Å². The van der Waals surface area contributed by atoms with Gasteiger partial charge in [-0.1, -0.05) is 60.7 Å². The molecule has 4 aliphatic carbocycles. The number of halogens is 1. The van der Waals surface area contributed by atoms with Crippen LogP contribution in [0.2, 0.25) is 0 Å². The van der Waals surface area contributed by atoms with E-state index in [1.165, 1.54) is 24.0 Å². The summed E-state index contributed by atoms with van der Waals surface area (Å²) in [6, 6.07) is 46.9. The summed E-state index contributed by atoms with van der Waals surface area (Å²) in [6.45, 7) is 4.09. The maximum atomic E-state index is 12.9. The van der Waals surface area contributed by atoms with E-state index in [-0.39, 0.29) is 46.0 Å². The van der Waals surface area contributed by atoms with Crippen LogP contribution in [-0.4, -0.2) is 114 Å². The van der Waals surface area contributed by atoms with Crippen molar-refractivity contribution in [1.29, 1.82) is 0 Å². The van der Waals surface area contributed by atoms with Crippen molar-refractivity contribution in [3.05, 3.63) is 266 Å². The number of carbonyl (C=O) groups excluding carboxylic acids is 5. The minimum absolute atomic E-state index is 0. The van der Waals surface area contributed by atoms with Crippen LogP contribution in [0.15, 0.2) is 194 Å². The van der Waals surface area contributed by atoms with Gasteiger partial charge >= 0.3 is 25.3 Å². The molecule has 1 atom stereocenters. The maximum absolute atomic E-state index is 12.9. The number of allylic oxidation sites excluding steroid dienone is 2. The molecular formula is C82H83BrN4O15Pt. The Morgan fingerprint density at radius 1 is 0.476 bits per heavy atom. The topological polar surface area (TPSA) is 226 Å². The van der Waals surface area contributed by atoms with Crippen molar-refractivity contribution in [2.45, 2.75) is 64.5 Å². The van der Waals surface area contributed by atoms with E-state index in [0.717, 1.165) is 107 Å². The molecule has 0 bridgehead atoms. The standard InChI is InChI=1S/C24H29NO3.C24H22NO3.C17H15NO3.C11H12O3.C6H5NO.BrH.2O.Pt/c2*1-27-22-14-19-13-20(24(26)21(19)15-23(22)28-2)12-17-8-10-25(11-9-17)16-18-6-4-3-5-7-18;1-20-15-9-12-8-13(7-11-3-5-18-6-4-11)17(19)14(12)10-16(15)21-2;1-13-10-5-7-3-4-9(12)8(7)6-11(10)14-2;8-5-6-1-3-7-4-2-6;;;;/h3-7,14-15,17,20H,8-13,16H2,1-2H3;3-12,14-15H,13,16H2,1-2H3;3-7,9-10H,8H2,1-2H3;5-6H,3-4H2,1-2H3;1-5H;1H;;;/q;+1;;;;;;;/p-1. The first-order valence-corrected chi connectivity index (χ1v) is 35.0. The van der Waals surface area contributed by atoms with Gasteiger partial charge in [-0.15, -0.1) is 0 Å². The second-order valence-corrected chi connectivity index (χ2v) is 24.8. The Morgan fingerprint density at radius 2 is 0.874 bits per heavy atom. The molecule has 3 aromatic heterocycles. The molecule has 0 amide bonds. The number of ether oxygens (including phenoxy) is 8. The zero-order valence-electron chi connectivity index (χ0n) is 58.8. The summed E-state index contributed by atoms with van der Waals surface area (Å²) >= 11 is -1.92. The van der Waals surface area contributed by atoms with Gasteiger partial charge in [0, 0.05) is 113 Å². The van der Waals surface area contributed by atoms with Crippen LogP contribution in [0.5, 0.6) is 46.0 Å². The third-order valence-electron chi connectivity index (χ3n) is 18.2. The average molecular weight is 1640 g/mol. The zero-order chi connectivity index (χ0) is 72.5. The number of rotatable bonds is 17. The summed E-state index contributed by atoms with van der Waals surface area (Å²) in [6.07, 6.45) is 22.2. The van der Waals surface area contributed by atoms with E-state index in [0.29, 0.717) is 87.9 Å². The molecule has 9 aromatic rings. The van der Waals surface area contributed by atoms with Gasteiger partial charge in [-0.3, -0.25) is 38.8 Å². The van der Waals surface area contributed by atoms with Crippen molar-refractivity contribution in [2.75, 3.05) is 70.0 Å². The Balaban J connectivity index is 0.000000169. The monoisotopic (exact) mass is 1640 g/mol. The van der Waals surface area contributed by atoms with Crippen molar-refractivity contribution < 1.29 is 109 Å². The molecule has 1 aliphatic heterocycles. The first-order valence-electron chi connectivity index (χ1n) is 33.2. The van der Waals surface area contributed by atoms with E-state index in [1.54, 1.807) is 112 Å². The van der Waals surface area contributed by atoms with Crippen molar-refractivity contribution in [1.82, 2.24) is 14.9 Å². The van der Waals surface area contributed by atoms with Gasteiger partial charge in [0.15, 0.2) is 88.1 Å². The van der Waals surface area contributed by atoms with Gasteiger partial charge in [0.25, 0.3) is 0 Å². The molecule has 0 radical (unpaired) electrons. The molecule has 0 spiro atoms. The van der Waals surface area contributed by atoms with Gasteiger partial charge in [0.05, 0.1) is 56.9 Å². The van der Waals surface area contributed by atoms with E-state index in [1.807, 2.05) is 97.3 Å². The molecule has 4 heterocycles. The number of carbonyl (C=O) groups is 5. The fourth-order valence-corrected chi connectivity index (χ4v) is 13.0. The van der Waals surface area contributed by atoms with Gasteiger partial charge < -0.3 is 54.9 Å². The van der Waals surface area contributed by atoms with Crippen molar-refractivity contribution in [3.8, 4) is 46.0 Å². The molecule has 1 saturated heterocycles. The fourth-order valence-electron chi connectivity index (χ4n) is 13.0. The van der Waals surface area contributed by atoms with Crippen LogP contribution in [-0.2, 0) is 64.1 Å². The minimum atomic E-state index is -1.92. The van der Waals surface area contributed by atoms with Crippen LogP contribution in [0.4, 0.5) is 0 Å². The number of hydrogen-bond acceptors (Lipinski definition) is 18. The Morgan fingerprint density at radius 3 is 1.32 bits per heavy atom. The fraction of sp³-hybridized carbons (Fsp3) is 0.268. The van der Waals surface area contributed by atoms with Gasteiger partial charge in [0.1, 0.15) is 6.29 Å². The predicted molar refractivity (Wildman–Crippen MR) is 381 cm³/mol. The van der Waals surface area contributed by atoms with E-state index < -0.39 is 18.5 Å². The number of likely N-dealkylation sites (tertiary alicyclic amines) is 1. The number of fused-ring (bicyclic) bond motifs is 4. The Bertz CT molecular complexity index is 4490. The summed E-state index contributed by atoms with van der Waals surface area (Å²) < 4.78 is 61.4. The second-order valence-electron chi connectivity index (χ2n) is 24.5. The summed E-state index contributed by atoms with van der Waals surface area (Å²) in [5, 5.41) is 0. The van der Waals surface area contributed by atoms with Crippen LogP contribution in [0.1, 0.15) is 122 Å². The quantitative estimate of drug-likeness (QED) is 0.0469. The SMILES string of the molecule is COc1cc2c(cc1OC)C(=O)C(=Cc1cc[n+](Cc3ccccc3)cc1)C2.COc1cc2c(cc1OC)C(=O)C(=Cc1ccncc1)C2.COc1cc2c(cc1OC)C(=O)C(CC1CCN(Cc3ccccc3)CC1)C2.COc1cc2c(cc1OC)C(=O)CC2.O=Cc1ccncc1.[Br-].[O]=[Pt]=[O]. The number of aryl methyl sites for hydroxylation is 1. The number of ketones is 4. The molecule has 6 aromatic carbocycles. The molecule has 538 valence electrons. The zero-order valence-corrected chi connectivity index (χ0v) is 62.7. The van der Waals surface area contributed by atoms with E-state index in [9.17, 15) is 24.0 Å². The Labute approximate surface area is 619 Å². The third kappa shape index (κ3) is 20.7. The van der Waals surface area contributed by atoms with Crippen LogP contribution in [0.3, 0.4) is 0 Å². The van der Waals surface area contributed by atoms with Gasteiger partial charge in [-0.05, 0) is 175 Å². The first-order chi connectivity index (χ1) is 49.7. The van der Waals surface area contributed by atoms with Gasteiger partial charge in [-0.25, -0.2) is 4.57 Å². The normalized spacial score (nSPS) is 15.2. The third-order valence-corrected chi connectivity index (χ3v) is 18.2. The van der Waals surface area contributed by atoms with Crippen LogP contribution < -0.4 is 59.4 Å². The van der Waals surface area contributed by atoms with Crippen LogP contribution in [0.25, 0.3) is 12.2 Å². The van der Waals surface area contributed by atoms with Crippen molar-refractivity contribution >= 4 is 41.6 Å². The summed E-state index contributed by atoms with van der Waals surface area (Å²) in [4.78, 5) is 69.9. The number of nitrogens with zero attached hydrogens (tertiary/aromatic N) is 4. The molecule has 5 aliphatic rings. The number of methoxy groups -OCH3 is 8. The Kier molecular flexibility index (Phi) is 29.9. The van der Waals surface area contributed by atoms with E-state index in [4.69, 9.17) is 44.7 Å². The van der Waals surface area contributed by atoms with Crippen LogP contribution >= 0.6 is 0 Å². The number of pyridine rings is 3.